The number of benzene rings is 2. The van der Waals surface area contributed by atoms with Crippen molar-refractivity contribution >= 4 is 31.5 Å². The highest BCUT2D eigenvalue weighted by atomic mass is 32.2. The van der Waals surface area contributed by atoms with Crippen molar-refractivity contribution in [2.75, 3.05) is 6.54 Å². The minimum absolute atomic E-state index is 0.0477. The standard InChI is InChI=1S/C38H41NO6S2/c1-3-30(25-28-11-7-5-8-12-28)31-15-17-32(18-16-31)38(36-24-23-35(46(40,41)42)26-37(36)47(43,44)45)33-19-21-34(22-20-33)39(4-2)27-29-13-9-6-10-14-29/h5-7,9-11,13-23,26,30,36H,3-4,8,12,24-25,27H2,1-2H3,(H-,40,41,42,43,44,45)/p+1. The molecule has 9 heteroatoms. The summed E-state index contributed by atoms with van der Waals surface area (Å²) >= 11 is 0. The Hall–Kier alpha value is -3.89. The van der Waals surface area contributed by atoms with E-state index in [0.29, 0.717) is 11.5 Å². The molecule has 2 aromatic carbocycles. The summed E-state index contributed by atoms with van der Waals surface area (Å²) < 4.78 is 71.6. The molecule has 0 aliphatic heterocycles. The first-order valence-corrected chi connectivity index (χ1v) is 18.9. The normalized spacial score (nSPS) is 18.8. The molecule has 0 saturated heterocycles. The monoisotopic (exact) mass is 672 g/mol. The zero-order valence-corrected chi connectivity index (χ0v) is 28.4. The molecule has 0 aromatic heterocycles. The van der Waals surface area contributed by atoms with Gasteiger partial charge in [0, 0.05) is 23.6 Å². The molecule has 246 valence electrons. The second-order valence-corrected chi connectivity index (χ2v) is 14.9. The topological polar surface area (TPSA) is 112 Å². The van der Waals surface area contributed by atoms with Crippen LogP contribution in [0.2, 0.25) is 0 Å². The molecule has 0 fully saturated rings. The van der Waals surface area contributed by atoms with Crippen LogP contribution in [0.25, 0.3) is 5.57 Å². The lowest BCUT2D eigenvalue weighted by molar-refractivity contribution is -0.539. The zero-order chi connectivity index (χ0) is 33.6. The van der Waals surface area contributed by atoms with Crippen LogP contribution in [0.3, 0.4) is 0 Å². The van der Waals surface area contributed by atoms with Crippen molar-refractivity contribution in [3.05, 3.63) is 147 Å². The van der Waals surface area contributed by atoms with Gasteiger partial charge >= 0.3 is 0 Å². The Morgan fingerprint density at radius 2 is 1.62 bits per heavy atom. The second kappa shape index (κ2) is 14.9. The van der Waals surface area contributed by atoms with Gasteiger partial charge in [-0.3, -0.25) is 9.11 Å². The fourth-order valence-corrected chi connectivity index (χ4v) is 8.03. The number of nitrogens with zero attached hydrogens (tertiary/aromatic N) is 1. The van der Waals surface area contributed by atoms with Crippen LogP contribution in [0.4, 0.5) is 0 Å². The predicted octanol–water partition coefficient (Wildman–Crippen LogP) is 7.96. The first-order valence-electron chi connectivity index (χ1n) is 16.1. The van der Waals surface area contributed by atoms with Crippen LogP contribution in [0.1, 0.15) is 68.6 Å². The largest absolute Gasteiger partial charge is 0.294 e. The molecule has 5 rings (SSSR count). The third-order valence-corrected chi connectivity index (χ3v) is 10.9. The van der Waals surface area contributed by atoms with Crippen molar-refractivity contribution in [3.8, 4) is 0 Å². The average Bonchev–Trinajstić information content (AvgIpc) is 3.07. The molecule has 0 spiro atoms. The van der Waals surface area contributed by atoms with Crippen LogP contribution in [0.15, 0.2) is 130 Å². The van der Waals surface area contributed by atoms with Gasteiger partial charge in [0.25, 0.3) is 20.2 Å². The molecule has 0 radical (unpaired) electrons. The summed E-state index contributed by atoms with van der Waals surface area (Å²) in [5.41, 5.74) is 6.92. The average molecular weight is 673 g/mol. The van der Waals surface area contributed by atoms with E-state index < -0.39 is 36.0 Å². The van der Waals surface area contributed by atoms with Gasteiger partial charge in [-0.15, -0.1) is 0 Å². The molecule has 2 unspecified atom stereocenters. The highest BCUT2D eigenvalue weighted by Crippen LogP contribution is 2.42. The predicted molar refractivity (Wildman–Crippen MR) is 189 cm³/mol. The fourth-order valence-electron chi connectivity index (χ4n) is 6.53. The van der Waals surface area contributed by atoms with Crippen LogP contribution < -0.4 is 0 Å². The van der Waals surface area contributed by atoms with Gasteiger partial charge in [0.1, 0.15) is 6.54 Å². The molecule has 0 saturated carbocycles. The Morgan fingerprint density at radius 3 is 2.19 bits per heavy atom. The molecule has 2 atom stereocenters. The Labute approximate surface area is 278 Å². The van der Waals surface area contributed by atoms with Gasteiger partial charge in [0.15, 0.2) is 12.3 Å². The summed E-state index contributed by atoms with van der Waals surface area (Å²) in [6.07, 6.45) is 20.5. The molecule has 2 N–H and O–H groups in total. The molecule has 0 heterocycles. The Bertz CT molecular complexity index is 1940. The van der Waals surface area contributed by atoms with Crippen molar-refractivity contribution < 1.29 is 30.5 Å². The van der Waals surface area contributed by atoms with Crippen molar-refractivity contribution in [3.63, 3.8) is 0 Å². The highest BCUT2D eigenvalue weighted by molar-refractivity contribution is 7.91. The minimum atomic E-state index is -4.83. The third kappa shape index (κ3) is 8.53. The fraction of sp³-hybridized carbons (Fsp3) is 0.289. The van der Waals surface area contributed by atoms with Crippen molar-refractivity contribution in [2.45, 2.75) is 58.4 Å². The van der Waals surface area contributed by atoms with E-state index in [4.69, 9.17) is 0 Å². The van der Waals surface area contributed by atoms with E-state index in [1.54, 1.807) is 0 Å². The SMILES string of the molecule is CCC(CC1=CC=CCC1)c1ccc(C(=C2C=CC(=[N+](CC)Cc3ccccc3)C=C2)C2CC=C(S(=O)(=O)O)C=C2S(=O)(=O)O)cc1. The first-order chi connectivity index (χ1) is 22.5. The van der Waals surface area contributed by atoms with E-state index in [0.717, 1.165) is 61.7 Å². The molecule has 47 heavy (non-hydrogen) atoms. The summed E-state index contributed by atoms with van der Waals surface area (Å²) in [6.45, 7) is 5.77. The number of allylic oxidation sites excluding steroid dienone is 13. The summed E-state index contributed by atoms with van der Waals surface area (Å²) in [4.78, 5) is -1.03. The van der Waals surface area contributed by atoms with E-state index in [9.17, 15) is 25.9 Å². The van der Waals surface area contributed by atoms with E-state index in [2.05, 4.69) is 60.9 Å². The molecule has 2 aromatic rings. The maximum atomic E-state index is 12.7. The molecule has 7 nitrogen and oxygen atoms in total. The maximum Gasteiger partial charge on any atom is 0.294 e. The number of hydrogen-bond acceptors (Lipinski definition) is 4. The van der Waals surface area contributed by atoms with Crippen LogP contribution in [-0.2, 0) is 26.8 Å². The van der Waals surface area contributed by atoms with Gasteiger partial charge in [-0.05, 0) is 85.4 Å². The quantitative estimate of drug-likeness (QED) is 0.185. The van der Waals surface area contributed by atoms with E-state index in [1.807, 2.05) is 54.6 Å². The van der Waals surface area contributed by atoms with Gasteiger partial charge in [0.05, 0.1) is 9.81 Å². The highest BCUT2D eigenvalue weighted by Gasteiger charge is 2.34. The molecular formula is C38H42NO6S2+. The van der Waals surface area contributed by atoms with Crippen molar-refractivity contribution in [2.24, 2.45) is 5.92 Å². The van der Waals surface area contributed by atoms with Crippen LogP contribution in [0, 0.1) is 5.92 Å². The second-order valence-electron chi connectivity index (χ2n) is 12.1. The zero-order valence-electron chi connectivity index (χ0n) is 26.8. The van der Waals surface area contributed by atoms with Crippen LogP contribution in [0.5, 0.6) is 0 Å². The Morgan fingerprint density at radius 1 is 0.915 bits per heavy atom. The molecular weight excluding hydrogens is 631 g/mol. The summed E-state index contributed by atoms with van der Waals surface area (Å²) in [5.74, 6) is -0.558. The maximum absolute atomic E-state index is 12.7. The van der Waals surface area contributed by atoms with Gasteiger partial charge in [-0.25, -0.2) is 4.58 Å². The van der Waals surface area contributed by atoms with Crippen molar-refractivity contribution in [1.82, 2.24) is 0 Å². The number of rotatable bonds is 11. The van der Waals surface area contributed by atoms with Crippen molar-refractivity contribution in [1.29, 1.82) is 0 Å². The minimum Gasteiger partial charge on any atom is -0.282 e. The molecule has 0 bridgehead atoms. The summed E-state index contributed by atoms with van der Waals surface area (Å²) in [6, 6.07) is 18.3. The lowest BCUT2D eigenvalue weighted by atomic mass is 9.81. The number of hydrogen-bond donors (Lipinski definition) is 2. The molecule has 0 amide bonds. The van der Waals surface area contributed by atoms with Gasteiger partial charge in [0.2, 0.25) is 0 Å². The molecule has 3 aliphatic rings. The Kier molecular flexibility index (Phi) is 10.9. The summed E-state index contributed by atoms with van der Waals surface area (Å²) in [5, 5.41) is 0. The van der Waals surface area contributed by atoms with Crippen LogP contribution >= 0.6 is 0 Å². The van der Waals surface area contributed by atoms with Gasteiger partial charge in [-0.1, -0.05) is 91.4 Å². The Balaban J connectivity index is 1.57. The van der Waals surface area contributed by atoms with E-state index in [1.165, 1.54) is 22.8 Å². The smallest absolute Gasteiger partial charge is 0.282 e. The lowest BCUT2D eigenvalue weighted by Crippen LogP contribution is -2.21. The van der Waals surface area contributed by atoms with Crippen LogP contribution in [-0.4, -0.2) is 42.8 Å². The summed E-state index contributed by atoms with van der Waals surface area (Å²) in [7, 11) is -9.51. The van der Waals surface area contributed by atoms with Gasteiger partial charge in [-0.2, -0.15) is 16.8 Å². The van der Waals surface area contributed by atoms with E-state index >= 15 is 0 Å². The van der Waals surface area contributed by atoms with Gasteiger partial charge < -0.3 is 0 Å². The first kappa shape index (κ1) is 34.4. The molecule has 3 aliphatic carbocycles. The van der Waals surface area contributed by atoms with E-state index in [-0.39, 0.29) is 6.42 Å². The third-order valence-electron chi connectivity index (χ3n) is 9.06. The lowest BCUT2D eigenvalue weighted by Gasteiger charge is -2.27.